The average Bonchev–Trinajstić information content (AvgIpc) is 2.64. The molecule has 0 saturated heterocycles. The van der Waals surface area contributed by atoms with Gasteiger partial charge in [0.15, 0.2) is 12.4 Å². The Morgan fingerprint density at radius 2 is 2.12 bits per heavy atom. The summed E-state index contributed by atoms with van der Waals surface area (Å²) in [4.78, 5) is 22.6. The fourth-order valence-corrected chi connectivity index (χ4v) is 0.982. The molecule has 0 fully saturated rings. The molecule has 5 heteroatoms. The third-order valence-electron chi connectivity index (χ3n) is 1.61. The molecule has 1 heterocycles. The first-order valence-electron chi connectivity index (χ1n) is 4.90. The maximum Gasteiger partial charge on any atom is 0.407 e. The van der Waals surface area contributed by atoms with E-state index in [1.165, 1.54) is 12.3 Å². The Kier molecular flexibility index (Phi) is 3.71. The van der Waals surface area contributed by atoms with E-state index in [-0.39, 0.29) is 23.7 Å². The summed E-state index contributed by atoms with van der Waals surface area (Å²) in [7, 11) is 0. The van der Waals surface area contributed by atoms with Crippen LogP contribution in [0, 0.1) is 0 Å². The van der Waals surface area contributed by atoms with Gasteiger partial charge in [-0.2, -0.15) is 0 Å². The highest BCUT2D eigenvalue weighted by molar-refractivity contribution is 5.95. The number of rotatable bonds is 3. The topological polar surface area (TPSA) is 68.5 Å². The Bertz CT molecular complexity index is 362. The average molecular weight is 225 g/mol. The lowest BCUT2D eigenvalue weighted by atomic mass is 10.1. The second-order valence-corrected chi connectivity index (χ2v) is 4.35. The Hall–Kier alpha value is -1.78. The molecule has 0 bridgehead atoms. The standard InChI is InChI=1S/C11H15NO4/c1-11(2,3)12-10(14)16-7-8(13)9-5-4-6-15-9/h4-6H,7H2,1-3H3,(H,12,14). The van der Waals surface area contributed by atoms with Gasteiger partial charge in [0.1, 0.15) is 0 Å². The molecule has 0 aliphatic heterocycles. The number of furan rings is 1. The van der Waals surface area contributed by atoms with Gasteiger partial charge in [0, 0.05) is 5.54 Å². The van der Waals surface area contributed by atoms with Crippen LogP contribution < -0.4 is 5.32 Å². The van der Waals surface area contributed by atoms with E-state index >= 15 is 0 Å². The molecule has 5 nitrogen and oxygen atoms in total. The highest BCUT2D eigenvalue weighted by atomic mass is 16.6. The molecule has 0 unspecified atom stereocenters. The van der Waals surface area contributed by atoms with E-state index < -0.39 is 6.09 Å². The van der Waals surface area contributed by atoms with E-state index in [2.05, 4.69) is 5.32 Å². The van der Waals surface area contributed by atoms with Crippen LogP contribution >= 0.6 is 0 Å². The number of amides is 1. The van der Waals surface area contributed by atoms with Crippen molar-refractivity contribution in [2.45, 2.75) is 26.3 Å². The number of carbonyl (C=O) groups excluding carboxylic acids is 2. The van der Waals surface area contributed by atoms with Gasteiger partial charge in [0.2, 0.25) is 5.78 Å². The normalized spacial score (nSPS) is 10.9. The van der Waals surface area contributed by atoms with Gasteiger partial charge in [-0.3, -0.25) is 4.79 Å². The summed E-state index contributed by atoms with van der Waals surface area (Å²) in [6.45, 7) is 5.14. The van der Waals surface area contributed by atoms with E-state index in [0.717, 1.165) is 0 Å². The summed E-state index contributed by atoms with van der Waals surface area (Å²) >= 11 is 0. The molecular formula is C11H15NO4. The molecule has 88 valence electrons. The van der Waals surface area contributed by atoms with Crippen molar-refractivity contribution in [2.75, 3.05) is 6.61 Å². The first kappa shape index (κ1) is 12.3. The molecule has 1 amide bonds. The lowest BCUT2D eigenvalue weighted by Gasteiger charge is -2.19. The Morgan fingerprint density at radius 3 is 2.62 bits per heavy atom. The van der Waals surface area contributed by atoms with Crippen molar-refractivity contribution in [1.82, 2.24) is 5.32 Å². The molecule has 0 aromatic carbocycles. The van der Waals surface area contributed by atoms with E-state index in [4.69, 9.17) is 9.15 Å². The molecule has 1 rings (SSSR count). The van der Waals surface area contributed by atoms with Crippen LogP contribution in [0.3, 0.4) is 0 Å². The van der Waals surface area contributed by atoms with Gasteiger partial charge in [-0.15, -0.1) is 0 Å². The monoisotopic (exact) mass is 225 g/mol. The quantitative estimate of drug-likeness (QED) is 0.799. The molecule has 0 spiro atoms. The molecule has 0 aliphatic rings. The number of ether oxygens (including phenoxy) is 1. The highest BCUT2D eigenvalue weighted by Crippen LogP contribution is 2.02. The third-order valence-corrected chi connectivity index (χ3v) is 1.61. The van der Waals surface area contributed by atoms with Crippen molar-refractivity contribution in [3.05, 3.63) is 24.2 Å². The van der Waals surface area contributed by atoms with Gasteiger partial charge in [-0.25, -0.2) is 4.79 Å². The zero-order valence-electron chi connectivity index (χ0n) is 9.57. The van der Waals surface area contributed by atoms with Crippen LogP contribution in [0.15, 0.2) is 22.8 Å². The smallest absolute Gasteiger partial charge is 0.407 e. The van der Waals surface area contributed by atoms with E-state index in [9.17, 15) is 9.59 Å². The fraction of sp³-hybridized carbons (Fsp3) is 0.455. The second-order valence-electron chi connectivity index (χ2n) is 4.35. The van der Waals surface area contributed by atoms with Crippen LogP contribution in [0.5, 0.6) is 0 Å². The van der Waals surface area contributed by atoms with Crippen molar-refractivity contribution in [3.8, 4) is 0 Å². The van der Waals surface area contributed by atoms with E-state index in [1.54, 1.807) is 6.07 Å². The van der Waals surface area contributed by atoms with Gasteiger partial charge in [-0.1, -0.05) is 0 Å². The van der Waals surface area contributed by atoms with Crippen molar-refractivity contribution in [2.24, 2.45) is 0 Å². The lowest BCUT2D eigenvalue weighted by molar-refractivity contribution is 0.0806. The number of hydrogen-bond acceptors (Lipinski definition) is 4. The van der Waals surface area contributed by atoms with Gasteiger partial charge >= 0.3 is 6.09 Å². The van der Waals surface area contributed by atoms with Crippen LogP contribution in [-0.2, 0) is 4.74 Å². The molecule has 1 aromatic rings. The largest absolute Gasteiger partial charge is 0.461 e. The summed E-state index contributed by atoms with van der Waals surface area (Å²) in [5.74, 6) is -0.183. The minimum absolute atomic E-state index is 0.184. The fourth-order valence-electron chi connectivity index (χ4n) is 0.982. The minimum Gasteiger partial charge on any atom is -0.461 e. The molecule has 1 aromatic heterocycles. The van der Waals surface area contributed by atoms with Crippen LogP contribution in [0.25, 0.3) is 0 Å². The highest BCUT2D eigenvalue weighted by Gasteiger charge is 2.16. The number of nitrogens with one attached hydrogen (secondary N) is 1. The van der Waals surface area contributed by atoms with Gasteiger partial charge in [0.05, 0.1) is 6.26 Å². The van der Waals surface area contributed by atoms with Crippen molar-refractivity contribution in [1.29, 1.82) is 0 Å². The first-order chi connectivity index (χ1) is 7.38. The van der Waals surface area contributed by atoms with Crippen LogP contribution in [-0.4, -0.2) is 24.0 Å². The maximum absolute atomic E-state index is 11.4. The molecular weight excluding hydrogens is 210 g/mol. The van der Waals surface area contributed by atoms with Crippen molar-refractivity contribution in [3.63, 3.8) is 0 Å². The molecule has 0 atom stereocenters. The van der Waals surface area contributed by atoms with Crippen LogP contribution in [0.2, 0.25) is 0 Å². The van der Waals surface area contributed by atoms with E-state index in [1.807, 2.05) is 20.8 Å². The second kappa shape index (κ2) is 4.83. The summed E-state index contributed by atoms with van der Waals surface area (Å²) in [6.07, 6.45) is 0.773. The lowest BCUT2D eigenvalue weighted by Crippen LogP contribution is -2.41. The molecule has 0 radical (unpaired) electrons. The predicted octanol–water partition coefficient (Wildman–Crippen LogP) is 1.99. The molecule has 0 saturated carbocycles. The van der Waals surface area contributed by atoms with E-state index in [0.29, 0.717) is 0 Å². The number of ketones is 1. The zero-order chi connectivity index (χ0) is 12.2. The Labute approximate surface area is 93.8 Å². The number of hydrogen-bond donors (Lipinski definition) is 1. The van der Waals surface area contributed by atoms with Gasteiger partial charge in [0.25, 0.3) is 0 Å². The van der Waals surface area contributed by atoms with Crippen LogP contribution in [0.4, 0.5) is 4.79 Å². The molecule has 16 heavy (non-hydrogen) atoms. The van der Waals surface area contributed by atoms with Gasteiger partial charge in [-0.05, 0) is 32.9 Å². The summed E-state index contributed by atoms with van der Waals surface area (Å²) < 4.78 is 9.61. The third kappa shape index (κ3) is 4.16. The Morgan fingerprint density at radius 1 is 1.44 bits per heavy atom. The SMILES string of the molecule is CC(C)(C)NC(=O)OCC(=O)c1ccco1. The van der Waals surface area contributed by atoms with Crippen LogP contribution in [0.1, 0.15) is 31.3 Å². The van der Waals surface area contributed by atoms with Gasteiger partial charge < -0.3 is 14.5 Å². The first-order valence-corrected chi connectivity index (χ1v) is 4.90. The molecule has 0 aliphatic carbocycles. The summed E-state index contributed by atoms with van der Waals surface area (Å²) in [6, 6.07) is 3.12. The molecule has 1 N–H and O–H groups in total. The van der Waals surface area contributed by atoms with Crippen molar-refractivity contribution < 1.29 is 18.7 Å². The predicted molar refractivity (Wildman–Crippen MR) is 57.3 cm³/mol. The zero-order valence-corrected chi connectivity index (χ0v) is 9.57. The number of Topliss-reactive ketones (excluding diaryl/α,β-unsaturated/α-hetero) is 1. The number of carbonyl (C=O) groups is 2. The van der Waals surface area contributed by atoms with Crippen molar-refractivity contribution >= 4 is 11.9 Å². The number of alkyl carbamates (subject to hydrolysis) is 1. The Balaban J connectivity index is 2.35. The minimum atomic E-state index is -0.618. The summed E-state index contributed by atoms with van der Waals surface area (Å²) in [5, 5.41) is 2.58. The summed E-state index contributed by atoms with van der Waals surface area (Å²) in [5.41, 5.74) is -0.384. The maximum atomic E-state index is 11.4.